The lowest BCUT2D eigenvalue weighted by Crippen LogP contribution is -2.24. The molecule has 7 heteroatoms. The zero-order chi connectivity index (χ0) is 19.9. The average molecular weight is 370 g/mol. The minimum atomic E-state index is -0.778. The van der Waals surface area contributed by atoms with Crippen molar-refractivity contribution in [1.29, 1.82) is 0 Å². The van der Waals surface area contributed by atoms with Crippen LogP contribution in [0.2, 0.25) is 0 Å². The number of methoxy groups -OCH3 is 3. The Bertz CT molecular complexity index is 989. The lowest BCUT2D eigenvalue weighted by Gasteiger charge is -2.23. The Morgan fingerprint density at radius 2 is 1.63 bits per heavy atom. The normalized spacial score (nSPS) is 12.3. The molecule has 0 amide bonds. The summed E-state index contributed by atoms with van der Waals surface area (Å²) in [6.07, 6.45) is 0.362. The van der Waals surface area contributed by atoms with Crippen molar-refractivity contribution in [2.45, 2.75) is 13.3 Å². The van der Waals surface area contributed by atoms with Crippen LogP contribution in [0.4, 0.5) is 0 Å². The molecule has 2 aromatic rings. The van der Waals surface area contributed by atoms with Gasteiger partial charge in [-0.05, 0) is 24.1 Å². The highest BCUT2D eigenvalue weighted by molar-refractivity contribution is 6.31. The zero-order valence-electron chi connectivity index (χ0n) is 15.3. The fourth-order valence-electron chi connectivity index (χ4n) is 3.29. The average Bonchev–Trinajstić information content (AvgIpc) is 2.69. The fraction of sp³-hybridized carbons (Fsp3) is 0.250. The highest BCUT2D eigenvalue weighted by Crippen LogP contribution is 2.41. The quantitative estimate of drug-likeness (QED) is 0.705. The topological polar surface area (TPSA) is 99.1 Å². The van der Waals surface area contributed by atoms with Gasteiger partial charge in [0.1, 0.15) is 22.8 Å². The van der Waals surface area contributed by atoms with Crippen LogP contribution in [0.1, 0.15) is 54.7 Å². The number of aryl methyl sites for hydroxylation is 1. The monoisotopic (exact) mass is 370 g/mol. The molecule has 0 heterocycles. The Kier molecular flexibility index (Phi) is 4.61. The van der Waals surface area contributed by atoms with Gasteiger partial charge in [0.25, 0.3) is 0 Å². The lowest BCUT2D eigenvalue weighted by molar-refractivity contribution is 0.0595. The van der Waals surface area contributed by atoms with Crippen molar-refractivity contribution >= 4 is 17.5 Å². The van der Waals surface area contributed by atoms with Crippen molar-refractivity contribution in [1.82, 2.24) is 0 Å². The number of hydrogen-bond acceptors (Lipinski definition) is 7. The van der Waals surface area contributed by atoms with E-state index in [9.17, 15) is 19.5 Å². The van der Waals surface area contributed by atoms with Crippen molar-refractivity contribution in [3.05, 3.63) is 51.6 Å². The molecule has 0 aromatic heterocycles. The molecule has 3 rings (SSSR count). The molecular weight excluding hydrogens is 352 g/mol. The minimum absolute atomic E-state index is 0.0196. The predicted octanol–water partition coefficient (Wildman–Crippen LogP) is 2.53. The number of aromatic hydroxyl groups is 1. The van der Waals surface area contributed by atoms with E-state index in [0.29, 0.717) is 17.7 Å². The van der Waals surface area contributed by atoms with E-state index in [0.717, 1.165) is 0 Å². The maximum absolute atomic E-state index is 13.1. The van der Waals surface area contributed by atoms with Crippen molar-refractivity contribution in [3.63, 3.8) is 0 Å². The number of ether oxygens (including phenoxy) is 3. The van der Waals surface area contributed by atoms with Crippen molar-refractivity contribution < 1.29 is 33.7 Å². The summed E-state index contributed by atoms with van der Waals surface area (Å²) < 4.78 is 15.1. The van der Waals surface area contributed by atoms with Gasteiger partial charge in [-0.1, -0.05) is 6.92 Å². The Morgan fingerprint density at radius 3 is 2.19 bits per heavy atom. The highest BCUT2D eigenvalue weighted by atomic mass is 16.5. The number of hydrogen-bond donors (Lipinski definition) is 1. The predicted molar refractivity (Wildman–Crippen MR) is 95.2 cm³/mol. The first-order valence-corrected chi connectivity index (χ1v) is 8.22. The highest BCUT2D eigenvalue weighted by Gasteiger charge is 2.38. The molecule has 0 unspecified atom stereocenters. The fourth-order valence-corrected chi connectivity index (χ4v) is 3.29. The second kappa shape index (κ2) is 6.75. The van der Waals surface area contributed by atoms with Crippen LogP contribution in [0.3, 0.4) is 0 Å². The molecule has 0 bridgehead atoms. The van der Waals surface area contributed by atoms with Gasteiger partial charge in [-0.25, -0.2) is 4.79 Å². The van der Waals surface area contributed by atoms with Crippen LogP contribution in [0.15, 0.2) is 18.2 Å². The summed E-state index contributed by atoms with van der Waals surface area (Å²) in [5.41, 5.74) is 0.244. The first-order valence-electron chi connectivity index (χ1n) is 8.22. The Hall–Kier alpha value is -3.35. The third kappa shape index (κ3) is 2.63. The van der Waals surface area contributed by atoms with E-state index in [-0.39, 0.29) is 33.6 Å². The maximum atomic E-state index is 13.1. The van der Waals surface area contributed by atoms with Crippen molar-refractivity contribution in [2.75, 3.05) is 21.3 Å². The number of phenolic OH excluding ortho intramolecular Hbond substituents is 1. The first kappa shape index (κ1) is 18.4. The molecule has 7 nitrogen and oxygen atoms in total. The van der Waals surface area contributed by atoms with E-state index in [4.69, 9.17) is 14.2 Å². The third-order valence-electron chi connectivity index (χ3n) is 4.63. The number of fused-ring (bicyclic) bond motifs is 2. The van der Waals surface area contributed by atoms with Gasteiger partial charge in [0.15, 0.2) is 5.78 Å². The largest absolute Gasteiger partial charge is 0.506 e. The number of esters is 1. The molecule has 0 aliphatic heterocycles. The molecule has 1 aliphatic rings. The second-order valence-corrected chi connectivity index (χ2v) is 5.94. The SMILES string of the molecule is CCc1cc2c(c(O)c1C(=O)OC)C(=O)c1c(OC)cc(OC)cc1C2=O. The second-order valence-electron chi connectivity index (χ2n) is 5.94. The van der Waals surface area contributed by atoms with Gasteiger partial charge in [-0.2, -0.15) is 0 Å². The maximum Gasteiger partial charge on any atom is 0.341 e. The van der Waals surface area contributed by atoms with Gasteiger partial charge in [-0.15, -0.1) is 0 Å². The summed E-state index contributed by atoms with van der Waals surface area (Å²) in [7, 11) is 3.98. The molecule has 0 radical (unpaired) electrons. The van der Waals surface area contributed by atoms with Crippen LogP contribution < -0.4 is 9.47 Å². The smallest absolute Gasteiger partial charge is 0.341 e. The Balaban J connectivity index is 2.37. The molecular formula is C20H18O7. The molecule has 1 aliphatic carbocycles. The summed E-state index contributed by atoms with van der Waals surface area (Å²) in [5.74, 6) is -1.89. The van der Waals surface area contributed by atoms with Crippen LogP contribution >= 0.6 is 0 Å². The number of carbonyl (C=O) groups is 3. The number of carbonyl (C=O) groups excluding carboxylic acids is 3. The van der Waals surface area contributed by atoms with Gasteiger partial charge in [0, 0.05) is 17.2 Å². The Labute approximate surface area is 155 Å². The van der Waals surface area contributed by atoms with Gasteiger partial charge in [-0.3, -0.25) is 9.59 Å². The van der Waals surface area contributed by atoms with Gasteiger partial charge in [0.05, 0.1) is 32.5 Å². The molecule has 2 aromatic carbocycles. The van der Waals surface area contributed by atoms with Crippen LogP contribution in [0.5, 0.6) is 17.2 Å². The third-order valence-corrected chi connectivity index (χ3v) is 4.63. The molecule has 0 atom stereocenters. The standard InChI is InChI=1S/C20H18O7/c1-5-9-6-11-16(18(22)14(9)20(24)27-4)19(23)15-12(17(11)21)7-10(25-2)8-13(15)26-3/h6-8,22H,5H2,1-4H3. The summed E-state index contributed by atoms with van der Waals surface area (Å²) in [6.45, 7) is 1.77. The van der Waals surface area contributed by atoms with Gasteiger partial charge >= 0.3 is 5.97 Å². The molecule has 140 valence electrons. The van der Waals surface area contributed by atoms with Gasteiger partial charge < -0.3 is 19.3 Å². The number of phenols is 1. The van der Waals surface area contributed by atoms with E-state index in [1.807, 2.05) is 0 Å². The van der Waals surface area contributed by atoms with Crippen LogP contribution in [0, 0.1) is 0 Å². The van der Waals surface area contributed by atoms with E-state index >= 15 is 0 Å². The van der Waals surface area contributed by atoms with Crippen LogP contribution in [0.25, 0.3) is 0 Å². The van der Waals surface area contributed by atoms with E-state index in [1.165, 1.54) is 39.5 Å². The first-order chi connectivity index (χ1) is 12.9. The summed E-state index contributed by atoms with van der Waals surface area (Å²) in [6, 6.07) is 4.39. The molecule has 27 heavy (non-hydrogen) atoms. The number of ketones is 2. The van der Waals surface area contributed by atoms with E-state index < -0.39 is 23.3 Å². The van der Waals surface area contributed by atoms with E-state index in [2.05, 4.69) is 0 Å². The minimum Gasteiger partial charge on any atom is -0.506 e. The van der Waals surface area contributed by atoms with E-state index in [1.54, 1.807) is 6.92 Å². The van der Waals surface area contributed by atoms with Crippen LogP contribution in [-0.2, 0) is 11.2 Å². The van der Waals surface area contributed by atoms with Crippen molar-refractivity contribution in [3.8, 4) is 17.2 Å². The zero-order valence-corrected chi connectivity index (χ0v) is 15.3. The molecule has 0 saturated carbocycles. The number of rotatable bonds is 4. The number of benzene rings is 2. The van der Waals surface area contributed by atoms with Crippen molar-refractivity contribution in [2.24, 2.45) is 0 Å². The molecule has 1 N–H and O–H groups in total. The molecule has 0 fully saturated rings. The van der Waals surface area contributed by atoms with Crippen LogP contribution in [-0.4, -0.2) is 44.0 Å². The van der Waals surface area contributed by atoms with Gasteiger partial charge in [0.2, 0.25) is 5.78 Å². The summed E-state index contributed by atoms with van der Waals surface area (Å²) >= 11 is 0. The molecule has 0 saturated heterocycles. The molecule has 0 spiro atoms. The lowest BCUT2D eigenvalue weighted by atomic mass is 9.80. The Morgan fingerprint density at radius 1 is 0.963 bits per heavy atom. The summed E-state index contributed by atoms with van der Waals surface area (Å²) in [5, 5.41) is 10.7. The summed E-state index contributed by atoms with van der Waals surface area (Å²) in [4.78, 5) is 38.3.